The number of carbonyl (C=O) groups excluding carboxylic acids is 1. The Kier molecular flexibility index (Phi) is 5.56. The molecule has 0 bridgehead atoms. The van der Waals surface area contributed by atoms with Gasteiger partial charge in [0.2, 0.25) is 5.91 Å². The van der Waals surface area contributed by atoms with E-state index >= 15 is 0 Å². The van der Waals surface area contributed by atoms with Crippen LogP contribution in [-0.4, -0.2) is 68.2 Å². The van der Waals surface area contributed by atoms with E-state index in [4.69, 9.17) is 10.5 Å². The predicted octanol–water partition coefficient (Wildman–Crippen LogP) is 0.150. The van der Waals surface area contributed by atoms with Crippen LogP contribution in [0.3, 0.4) is 0 Å². The SMILES string of the molecule is C[C@H](N)C(=O)N(C)CC(C)(C)CN1CCOCC1. The number of rotatable bonds is 5. The molecule has 5 heteroatoms. The van der Waals surface area contributed by atoms with E-state index in [-0.39, 0.29) is 11.3 Å². The number of hydrogen-bond donors (Lipinski definition) is 1. The summed E-state index contributed by atoms with van der Waals surface area (Å²) >= 11 is 0. The number of likely N-dealkylation sites (N-methyl/N-ethyl adjacent to an activating group) is 1. The maximum atomic E-state index is 11.8. The summed E-state index contributed by atoms with van der Waals surface area (Å²) in [6.07, 6.45) is 0. The Hall–Kier alpha value is -0.650. The first kappa shape index (κ1) is 15.4. The molecule has 0 unspecified atom stereocenters. The van der Waals surface area contributed by atoms with Crippen molar-refractivity contribution >= 4 is 5.91 Å². The van der Waals surface area contributed by atoms with Crippen LogP contribution in [0.4, 0.5) is 0 Å². The molecule has 0 aromatic carbocycles. The Bertz CT molecular complexity index is 273. The van der Waals surface area contributed by atoms with Crippen molar-refractivity contribution in [2.24, 2.45) is 11.1 Å². The molecule has 1 fully saturated rings. The van der Waals surface area contributed by atoms with Crippen LogP contribution in [0.1, 0.15) is 20.8 Å². The van der Waals surface area contributed by atoms with Crippen LogP contribution >= 0.6 is 0 Å². The second-order valence-electron chi connectivity index (χ2n) is 6.04. The van der Waals surface area contributed by atoms with E-state index in [1.165, 1.54) is 0 Å². The van der Waals surface area contributed by atoms with Gasteiger partial charge in [-0.15, -0.1) is 0 Å². The number of nitrogens with zero attached hydrogens (tertiary/aromatic N) is 2. The fourth-order valence-corrected chi connectivity index (χ4v) is 2.48. The Morgan fingerprint density at radius 3 is 2.50 bits per heavy atom. The molecule has 0 saturated carbocycles. The van der Waals surface area contributed by atoms with Crippen LogP contribution in [0.2, 0.25) is 0 Å². The van der Waals surface area contributed by atoms with Gasteiger partial charge in [0.05, 0.1) is 19.3 Å². The molecule has 0 radical (unpaired) electrons. The number of carbonyl (C=O) groups is 1. The molecule has 0 spiro atoms. The number of amides is 1. The second kappa shape index (κ2) is 6.50. The van der Waals surface area contributed by atoms with Crippen LogP contribution in [0.5, 0.6) is 0 Å². The lowest BCUT2D eigenvalue weighted by Crippen LogP contribution is -2.48. The van der Waals surface area contributed by atoms with Gasteiger partial charge in [-0.1, -0.05) is 13.8 Å². The van der Waals surface area contributed by atoms with Crippen LogP contribution < -0.4 is 5.73 Å². The molecule has 1 amide bonds. The highest BCUT2D eigenvalue weighted by atomic mass is 16.5. The molecule has 106 valence electrons. The monoisotopic (exact) mass is 257 g/mol. The molecular formula is C13H27N3O2. The molecule has 1 aliphatic heterocycles. The summed E-state index contributed by atoms with van der Waals surface area (Å²) in [5.74, 6) is 0.00468. The van der Waals surface area contributed by atoms with Gasteiger partial charge in [-0.25, -0.2) is 0 Å². The van der Waals surface area contributed by atoms with Gasteiger partial charge in [0.15, 0.2) is 0 Å². The minimum Gasteiger partial charge on any atom is -0.379 e. The summed E-state index contributed by atoms with van der Waals surface area (Å²) < 4.78 is 5.34. The van der Waals surface area contributed by atoms with Crippen molar-refractivity contribution in [1.82, 2.24) is 9.80 Å². The Labute approximate surface area is 110 Å². The lowest BCUT2D eigenvalue weighted by Gasteiger charge is -2.37. The van der Waals surface area contributed by atoms with Gasteiger partial charge in [0.25, 0.3) is 0 Å². The van der Waals surface area contributed by atoms with E-state index in [0.29, 0.717) is 0 Å². The quantitative estimate of drug-likeness (QED) is 0.762. The normalized spacial score (nSPS) is 19.6. The standard InChI is InChI=1S/C13H27N3O2/c1-11(14)12(17)15(4)9-13(2,3)10-16-5-7-18-8-6-16/h11H,5-10,14H2,1-4H3/t11-/m0/s1. The molecule has 5 nitrogen and oxygen atoms in total. The van der Waals surface area contributed by atoms with Crippen LogP contribution in [0, 0.1) is 5.41 Å². The summed E-state index contributed by atoms with van der Waals surface area (Å²) in [5, 5.41) is 0. The topological polar surface area (TPSA) is 58.8 Å². The fraction of sp³-hybridized carbons (Fsp3) is 0.923. The van der Waals surface area contributed by atoms with E-state index in [1.54, 1.807) is 11.8 Å². The summed E-state index contributed by atoms with van der Waals surface area (Å²) in [4.78, 5) is 15.9. The van der Waals surface area contributed by atoms with Gasteiger partial charge in [-0.05, 0) is 12.3 Å². The minimum absolute atomic E-state index is 0.00468. The fourth-order valence-electron chi connectivity index (χ4n) is 2.48. The number of morpholine rings is 1. The first-order chi connectivity index (χ1) is 8.32. The van der Waals surface area contributed by atoms with Gasteiger partial charge in [-0.2, -0.15) is 0 Å². The van der Waals surface area contributed by atoms with Gasteiger partial charge in [-0.3, -0.25) is 9.69 Å². The molecule has 1 rings (SSSR count). The average molecular weight is 257 g/mol. The van der Waals surface area contributed by atoms with E-state index in [2.05, 4.69) is 18.7 Å². The average Bonchev–Trinajstić information content (AvgIpc) is 2.27. The minimum atomic E-state index is -0.422. The van der Waals surface area contributed by atoms with Gasteiger partial charge in [0.1, 0.15) is 0 Å². The number of nitrogens with two attached hydrogens (primary N) is 1. The highest BCUT2D eigenvalue weighted by Crippen LogP contribution is 2.19. The van der Waals surface area contributed by atoms with Crippen molar-refractivity contribution < 1.29 is 9.53 Å². The summed E-state index contributed by atoms with van der Waals surface area (Å²) in [6, 6.07) is -0.422. The molecule has 1 atom stereocenters. The summed E-state index contributed by atoms with van der Waals surface area (Å²) in [7, 11) is 1.83. The highest BCUT2D eigenvalue weighted by molar-refractivity contribution is 5.80. The molecule has 2 N–H and O–H groups in total. The Morgan fingerprint density at radius 2 is 2.00 bits per heavy atom. The van der Waals surface area contributed by atoms with Gasteiger partial charge >= 0.3 is 0 Å². The van der Waals surface area contributed by atoms with Crippen molar-refractivity contribution in [2.45, 2.75) is 26.8 Å². The van der Waals surface area contributed by atoms with Crippen molar-refractivity contribution in [3.63, 3.8) is 0 Å². The lowest BCUT2D eigenvalue weighted by atomic mass is 9.91. The first-order valence-corrected chi connectivity index (χ1v) is 6.62. The predicted molar refractivity (Wildman–Crippen MR) is 72.3 cm³/mol. The number of hydrogen-bond acceptors (Lipinski definition) is 4. The highest BCUT2D eigenvalue weighted by Gasteiger charge is 2.27. The van der Waals surface area contributed by atoms with Crippen LogP contribution in [0.25, 0.3) is 0 Å². The van der Waals surface area contributed by atoms with E-state index < -0.39 is 6.04 Å². The van der Waals surface area contributed by atoms with Crippen molar-refractivity contribution in [3.05, 3.63) is 0 Å². The maximum absolute atomic E-state index is 11.8. The molecule has 18 heavy (non-hydrogen) atoms. The maximum Gasteiger partial charge on any atom is 0.238 e. The third kappa shape index (κ3) is 4.92. The second-order valence-corrected chi connectivity index (χ2v) is 6.04. The molecular weight excluding hydrogens is 230 g/mol. The lowest BCUT2D eigenvalue weighted by molar-refractivity contribution is -0.132. The summed E-state index contributed by atoms with van der Waals surface area (Å²) in [6.45, 7) is 11.4. The Balaban J connectivity index is 2.44. The zero-order valence-electron chi connectivity index (χ0n) is 12.1. The van der Waals surface area contributed by atoms with Crippen molar-refractivity contribution in [3.8, 4) is 0 Å². The zero-order valence-corrected chi connectivity index (χ0v) is 12.1. The van der Waals surface area contributed by atoms with Crippen molar-refractivity contribution in [2.75, 3.05) is 46.4 Å². The molecule has 1 aliphatic rings. The molecule has 1 saturated heterocycles. The van der Waals surface area contributed by atoms with Crippen molar-refractivity contribution in [1.29, 1.82) is 0 Å². The van der Waals surface area contributed by atoms with E-state index in [1.807, 2.05) is 7.05 Å². The molecule has 0 aromatic rings. The number of ether oxygens (including phenoxy) is 1. The zero-order chi connectivity index (χ0) is 13.8. The molecule has 0 aromatic heterocycles. The third-order valence-electron chi connectivity index (χ3n) is 3.19. The van der Waals surface area contributed by atoms with Gasteiger partial charge in [0, 0.05) is 33.2 Å². The summed E-state index contributed by atoms with van der Waals surface area (Å²) in [5.41, 5.74) is 5.69. The van der Waals surface area contributed by atoms with Crippen LogP contribution in [-0.2, 0) is 9.53 Å². The van der Waals surface area contributed by atoms with E-state index in [0.717, 1.165) is 39.4 Å². The largest absolute Gasteiger partial charge is 0.379 e. The van der Waals surface area contributed by atoms with Crippen LogP contribution in [0.15, 0.2) is 0 Å². The third-order valence-corrected chi connectivity index (χ3v) is 3.19. The smallest absolute Gasteiger partial charge is 0.238 e. The Morgan fingerprint density at radius 1 is 1.44 bits per heavy atom. The van der Waals surface area contributed by atoms with Gasteiger partial charge < -0.3 is 15.4 Å². The molecule has 0 aliphatic carbocycles. The van der Waals surface area contributed by atoms with E-state index in [9.17, 15) is 4.79 Å². The molecule has 1 heterocycles. The first-order valence-electron chi connectivity index (χ1n) is 6.62.